The number of aromatic nitrogens is 1. The van der Waals surface area contributed by atoms with E-state index in [1.54, 1.807) is 12.1 Å². The van der Waals surface area contributed by atoms with Crippen molar-refractivity contribution in [1.29, 1.82) is 0 Å². The highest BCUT2D eigenvalue weighted by Gasteiger charge is 2.20. The number of halogens is 3. The van der Waals surface area contributed by atoms with Gasteiger partial charge in [-0.15, -0.1) is 0 Å². The molecule has 0 spiro atoms. The zero-order valence-electron chi connectivity index (χ0n) is 9.81. The molecule has 17 heavy (non-hydrogen) atoms. The summed E-state index contributed by atoms with van der Waals surface area (Å²) in [6.45, 7) is 6.08. The van der Waals surface area contributed by atoms with Crippen LogP contribution in [0.3, 0.4) is 0 Å². The van der Waals surface area contributed by atoms with Gasteiger partial charge < -0.3 is 0 Å². The lowest BCUT2D eigenvalue weighted by Crippen LogP contribution is -2.12. The molecule has 1 aromatic carbocycles. The van der Waals surface area contributed by atoms with Crippen molar-refractivity contribution in [2.45, 2.75) is 26.2 Å². The van der Waals surface area contributed by atoms with Crippen molar-refractivity contribution in [2.24, 2.45) is 0 Å². The first kappa shape index (κ1) is 12.8. The van der Waals surface area contributed by atoms with E-state index in [9.17, 15) is 4.39 Å². The Balaban J connectivity index is 2.85. The smallest absolute Gasteiger partial charge is 0.133 e. The molecule has 0 aliphatic rings. The molecule has 0 radical (unpaired) electrons. The van der Waals surface area contributed by atoms with Crippen molar-refractivity contribution in [3.05, 3.63) is 39.2 Å². The highest BCUT2D eigenvalue weighted by atomic mass is 79.9. The summed E-state index contributed by atoms with van der Waals surface area (Å²) in [5.41, 5.74) is 1.25. The molecule has 2 rings (SSSR count). The van der Waals surface area contributed by atoms with Gasteiger partial charge in [0.1, 0.15) is 11.0 Å². The quantitative estimate of drug-likeness (QED) is 0.617. The number of rotatable bonds is 0. The molecule has 0 aliphatic heterocycles. The fraction of sp³-hybridized carbons (Fsp3) is 0.308. The van der Waals surface area contributed by atoms with Crippen LogP contribution in [0, 0.1) is 5.82 Å². The minimum atomic E-state index is -0.280. The molecule has 1 aromatic heterocycles. The molecule has 0 atom stereocenters. The Morgan fingerprint density at radius 1 is 1.29 bits per heavy atom. The molecule has 0 saturated heterocycles. The van der Waals surface area contributed by atoms with Crippen LogP contribution in [0.1, 0.15) is 26.3 Å². The highest BCUT2D eigenvalue weighted by Crippen LogP contribution is 2.34. The summed E-state index contributed by atoms with van der Waals surface area (Å²) in [5.74, 6) is -0.280. The van der Waals surface area contributed by atoms with Crippen LogP contribution in [-0.4, -0.2) is 4.98 Å². The third-order valence-electron chi connectivity index (χ3n) is 2.64. The van der Waals surface area contributed by atoms with Crippen molar-refractivity contribution in [2.75, 3.05) is 0 Å². The maximum absolute atomic E-state index is 13.8. The Morgan fingerprint density at radius 2 is 1.94 bits per heavy atom. The standard InChI is InChI=1S/C13H12BrClFN/c1-13(2,3)8-6-7-10(16)5-4-9(14)11(7)17-12(8)15/h4-6H,1-3H3. The summed E-state index contributed by atoms with van der Waals surface area (Å²) >= 11 is 9.51. The predicted octanol–water partition coefficient (Wildman–Crippen LogP) is 5.09. The molecule has 1 heterocycles. The van der Waals surface area contributed by atoms with Crippen LogP contribution in [0.5, 0.6) is 0 Å². The van der Waals surface area contributed by atoms with Crippen LogP contribution < -0.4 is 0 Å². The summed E-state index contributed by atoms with van der Waals surface area (Å²) in [6.07, 6.45) is 0. The van der Waals surface area contributed by atoms with Gasteiger partial charge in [-0.2, -0.15) is 0 Å². The minimum absolute atomic E-state index is 0.160. The first-order chi connectivity index (χ1) is 7.80. The van der Waals surface area contributed by atoms with E-state index >= 15 is 0 Å². The molecule has 0 unspecified atom stereocenters. The molecule has 0 bridgehead atoms. The molecule has 0 N–H and O–H groups in total. The molecule has 4 heteroatoms. The van der Waals surface area contributed by atoms with E-state index in [1.165, 1.54) is 6.07 Å². The second kappa shape index (κ2) is 4.21. The summed E-state index contributed by atoms with van der Waals surface area (Å²) < 4.78 is 14.5. The molecular weight excluding hydrogens is 305 g/mol. The molecule has 1 nitrogen and oxygen atoms in total. The number of benzene rings is 1. The van der Waals surface area contributed by atoms with Crippen LogP contribution >= 0.6 is 27.5 Å². The summed E-state index contributed by atoms with van der Waals surface area (Å²) in [5, 5.41) is 0.921. The fourth-order valence-corrected chi connectivity index (χ4v) is 2.55. The first-order valence-electron chi connectivity index (χ1n) is 5.25. The fourth-order valence-electron chi connectivity index (χ4n) is 1.70. The van der Waals surface area contributed by atoms with E-state index < -0.39 is 0 Å². The maximum atomic E-state index is 13.8. The predicted molar refractivity (Wildman–Crippen MR) is 73.1 cm³/mol. The summed E-state index contributed by atoms with van der Waals surface area (Å²) in [4.78, 5) is 4.28. The molecule has 2 aromatic rings. The van der Waals surface area contributed by atoms with Gasteiger partial charge in [0.2, 0.25) is 0 Å². The Kier molecular flexibility index (Phi) is 3.17. The highest BCUT2D eigenvalue weighted by molar-refractivity contribution is 9.10. The van der Waals surface area contributed by atoms with Crippen LogP contribution in [0.25, 0.3) is 10.9 Å². The van der Waals surface area contributed by atoms with Gasteiger partial charge in [-0.1, -0.05) is 32.4 Å². The van der Waals surface area contributed by atoms with Crippen LogP contribution in [0.2, 0.25) is 5.15 Å². The SMILES string of the molecule is CC(C)(C)c1cc2c(F)ccc(Br)c2nc1Cl. The zero-order chi connectivity index (χ0) is 12.8. The lowest BCUT2D eigenvalue weighted by atomic mass is 9.87. The van der Waals surface area contributed by atoms with Gasteiger partial charge >= 0.3 is 0 Å². The van der Waals surface area contributed by atoms with Gasteiger partial charge in [-0.25, -0.2) is 9.37 Å². The molecule has 0 fully saturated rings. The number of hydrogen-bond donors (Lipinski definition) is 0. The van der Waals surface area contributed by atoms with Crippen molar-refractivity contribution >= 4 is 38.4 Å². The third kappa shape index (κ3) is 2.31. The van der Waals surface area contributed by atoms with E-state index in [-0.39, 0.29) is 11.2 Å². The van der Waals surface area contributed by atoms with E-state index in [0.717, 1.165) is 10.0 Å². The monoisotopic (exact) mass is 315 g/mol. The number of pyridine rings is 1. The second-order valence-electron chi connectivity index (χ2n) is 5.00. The molecule has 0 aliphatic carbocycles. The molecule has 0 saturated carbocycles. The average molecular weight is 317 g/mol. The van der Waals surface area contributed by atoms with E-state index in [4.69, 9.17) is 11.6 Å². The Hall–Kier alpha value is -0.670. The van der Waals surface area contributed by atoms with Crippen LogP contribution in [0.4, 0.5) is 4.39 Å². The Bertz CT molecular complexity index is 590. The van der Waals surface area contributed by atoms with Gasteiger partial charge in [0.25, 0.3) is 0 Å². The van der Waals surface area contributed by atoms with E-state index in [0.29, 0.717) is 16.1 Å². The van der Waals surface area contributed by atoms with Gasteiger partial charge in [0, 0.05) is 9.86 Å². The summed E-state index contributed by atoms with van der Waals surface area (Å²) in [6, 6.07) is 4.84. The van der Waals surface area contributed by atoms with Crippen molar-refractivity contribution in [3.8, 4) is 0 Å². The molecule has 0 amide bonds. The number of nitrogens with zero attached hydrogens (tertiary/aromatic N) is 1. The van der Waals surface area contributed by atoms with E-state index in [1.807, 2.05) is 20.8 Å². The number of hydrogen-bond acceptors (Lipinski definition) is 1. The van der Waals surface area contributed by atoms with Crippen molar-refractivity contribution in [1.82, 2.24) is 4.98 Å². The maximum Gasteiger partial charge on any atom is 0.133 e. The van der Waals surface area contributed by atoms with Crippen LogP contribution in [0.15, 0.2) is 22.7 Å². The normalized spacial score (nSPS) is 12.1. The molecule has 90 valence electrons. The summed E-state index contributed by atoms with van der Waals surface area (Å²) in [7, 11) is 0. The third-order valence-corrected chi connectivity index (χ3v) is 3.57. The van der Waals surface area contributed by atoms with Gasteiger partial charge in [0.15, 0.2) is 0 Å². The van der Waals surface area contributed by atoms with Gasteiger partial charge in [-0.3, -0.25) is 0 Å². The van der Waals surface area contributed by atoms with Crippen LogP contribution in [-0.2, 0) is 5.41 Å². The van der Waals surface area contributed by atoms with Gasteiger partial charge in [-0.05, 0) is 45.1 Å². The topological polar surface area (TPSA) is 12.9 Å². The lowest BCUT2D eigenvalue weighted by molar-refractivity contribution is 0.588. The largest absolute Gasteiger partial charge is 0.234 e. The first-order valence-corrected chi connectivity index (χ1v) is 6.42. The van der Waals surface area contributed by atoms with Gasteiger partial charge in [0.05, 0.1) is 5.52 Å². The number of fused-ring (bicyclic) bond motifs is 1. The Morgan fingerprint density at radius 3 is 2.53 bits per heavy atom. The Labute approximate surface area is 113 Å². The average Bonchev–Trinajstić information content (AvgIpc) is 2.21. The minimum Gasteiger partial charge on any atom is -0.234 e. The second-order valence-corrected chi connectivity index (χ2v) is 6.21. The van der Waals surface area contributed by atoms with Crippen molar-refractivity contribution in [3.63, 3.8) is 0 Å². The van der Waals surface area contributed by atoms with Crippen molar-refractivity contribution < 1.29 is 4.39 Å². The lowest BCUT2D eigenvalue weighted by Gasteiger charge is -2.20. The zero-order valence-corrected chi connectivity index (χ0v) is 12.2. The van der Waals surface area contributed by atoms with E-state index in [2.05, 4.69) is 20.9 Å². The molecular formula is C13H12BrClFN.